The lowest BCUT2D eigenvalue weighted by Gasteiger charge is -2.16. The van der Waals surface area contributed by atoms with Gasteiger partial charge in [0.2, 0.25) is 0 Å². The molecule has 0 fully saturated rings. The van der Waals surface area contributed by atoms with E-state index in [0.717, 1.165) is 25.1 Å². The summed E-state index contributed by atoms with van der Waals surface area (Å²) in [4.78, 5) is 13.1. The van der Waals surface area contributed by atoms with Crippen LogP contribution in [0.4, 0.5) is 8.78 Å². The van der Waals surface area contributed by atoms with Crippen LogP contribution in [-0.2, 0) is 4.79 Å². The second-order valence-corrected chi connectivity index (χ2v) is 4.55. The number of aliphatic carboxylic acids is 1. The maximum absolute atomic E-state index is 13.5. The fourth-order valence-corrected chi connectivity index (χ4v) is 1.71. The molecule has 1 aromatic rings. The van der Waals surface area contributed by atoms with Crippen LogP contribution >= 0.6 is 0 Å². The predicted molar refractivity (Wildman–Crippen MR) is 67.9 cm³/mol. The van der Waals surface area contributed by atoms with Crippen LogP contribution in [0.1, 0.15) is 18.0 Å². The Kier molecular flexibility index (Phi) is 5.85. The number of nitrogens with one attached hydrogen (secondary N) is 1. The van der Waals surface area contributed by atoms with Crippen molar-refractivity contribution in [2.45, 2.75) is 12.5 Å². The van der Waals surface area contributed by atoms with Gasteiger partial charge in [-0.25, -0.2) is 8.78 Å². The summed E-state index contributed by atoms with van der Waals surface area (Å²) >= 11 is 0. The molecule has 1 rings (SSSR count). The van der Waals surface area contributed by atoms with Crippen LogP contribution < -0.4 is 5.32 Å². The molecule has 0 spiro atoms. The highest BCUT2D eigenvalue weighted by Gasteiger charge is 2.22. The van der Waals surface area contributed by atoms with Crippen molar-refractivity contribution in [3.63, 3.8) is 0 Å². The summed E-state index contributed by atoms with van der Waals surface area (Å²) in [7, 11) is 3.82. The summed E-state index contributed by atoms with van der Waals surface area (Å²) in [5.74, 6) is -2.76. The minimum absolute atomic E-state index is 0.0567. The number of benzene rings is 1. The Hall–Kier alpha value is -1.53. The van der Waals surface area contributed by atoms with Crippen molar-refractivity contribution in [1.29, 1.82) is 0 Å². The minimum atomic E-state index is -1.18. The van der Waals surface area contributed by atoms with E-state index >= 15 is 0 Å². The van der Waals surface area contributed by atoms with Gasteiger partial charge in [-0.15, -0.1) is 0 Å². The van der Waals surface area contributed by atoms with Gasteiger partial charge in [0.15, 0.2) is 0 Å². The Morgan fingerprint density at radius 2 is 2.11 bits per heavy atom. The molecule has 0 bridgehead atoms. The highest BCUT2D eigenvalue weighted by Crippen LogP contribution is 2.18. The van der Waals surface area contributed by atoms with E-state index in [4.69, 9.17) is 5.11 Å². The minimum Gasteiger partial charge on any atom is -0.480 e. The molecule has 0 aliphatic carbocycles. The van der Waals surface area contributed by atoms with E-state index < -0.39 is 23.6 Å². The van der Waals surface area contributed by atoms with Gasteiger partial charge in [0.05, 0.1) is 0 Å². The summed E-state index contributed by atoms with van der Waals surface area (Å²) in [5.41, 5.74) is -0.0567. The maximum Gasteiger partial charge on any atom is 0.325 e. The zero-order chi connectivity index (χ0) is 14.4. The van der Waals surface area contributed by atoms with Crippen LogP contribution in [0.15, 0.2) is 18.2 Å². The summed E-state index contributed by atoms with van der Waals surface area (Å²) in [6.07, 6.45) is 0.736. The van der Waals surface area contributed by atoms with Gasteiger partial charge in [0.1, 0.15) is 17.7 Å². The Bertz CT molecular complexity index is 439. The molecule has 0 aliphatic heterocycles. The topological polar surface area (TPSA) is 52.6 Å². The molecule has 4 nitrogen and oxygen atoms in total. The van der Waals surface area contributed by atoms with E-state index in [1.165, 1.54) is 0 Å². The molecule has 0 saturated heterocycles. The SMILES string of the molecule is CN(C)CCCNC(C(=O)O)c1ccc(F)cc1F. The second-order valence-electron chi connectivity index (χ2n) is 4.55. The molecule has 1 atom stereocenters. The van der Waals surface area contributed by atoms with Gasteiger partial charge in [-0.05, 0) is 39.7 Å². The molecule has 106 valence electrons. The molecule has 1 aromatic carbocycles. The zero-order valence-electron chi connectivity index (χ0n) is 11.0. The fourth-order valence-electron chi connectivity index (χ4n) is 1.71. The highest BCUT2D eigenvalue weighted by atomic mass is 19.1. The quantitative estimate of drug-likeness (QED) is 0.741. The van der Waals surface area contributed by atoms with Crippen LogP contribution in [0.5, 0.6) is 0 Å². The van der Waals surface area contributed by atoms with Crippen LogP contribution in [0.25, 0.3) is 0 Å². The smallest absolute Gasteiger partial charge is 0.325 e. The summed E-state index contributed by atoms with van der Waals surface area (Å²) < 4.78 is 26.3. The number of hydrogen-bond acceptors (Lipinski definition) is 3. The van der Waals surface area contributed by atoms with Gasteiger partial charge in [-0.1, -0.05) is 6.07 Å². The average Bonchev–Trinajstić information content (AvgIpc) is 2.30. The first kappa shape index (κ1) is 15.5. The van der Waals surface area contributed by atoms with E-state index in [1.807, 2.05) is 19.0 Å². The number of nitrogens with zero attached hydrogens (tertiary/aromatic N) is 1. The van der Waals surface area contributed by atoms with Gasteiger partial charge in [-0.3, -0.25) is 4.79 Å². The molecule has 0 aromatic heterocycles. The lowest BCUT2D eigenvalue weighted by molar-refractivity contribution is -0.139. The highest BCUT2D eigenvalue weighted by molar-refractivity contribution is 5.75. The van der Waals surface area contributed by atoms with E-state index in [9.17, 15) is 13.6 Å². The molecule has 0 amide bonds. The molecule has 1 unspecified atom stereocenters. The average molecular weight is 272 g/mol. The van der Waals surface area contributed by atoms with Crippen LogP contribution in [0.2, 0.25) is 0 Å². The summed E-state index contributed by atoms with van der Waals surface area (Å²) in [5, 5.41) is 11.9. The largest absolute Gasteiger partial charge is 0.480 e. The molecule has 0 heterocycles. The van der Waals surface area contributed by atoms with Crippen molar-refractivity contribution in [1.82, 2.24) is 10.2 Å². The first-order valence-electron chi connectivity index (χ1n) is 5.97. The Balaban J connectivity index is 2.69. The number of rotatable bonds is 7. The summed E-state index contributed by atoms with van der Waals surface area (Å²) in [6, 6.07) is 1.73. The number of carbonyl (C=O) groups is 1. The van der Waals surface area contributed by atoms with Gasteiger partial charge < -0.3 is 15.3 Å². The maximum atomic E-state index is 13.5. The normalized spacial score (nSPS) is 12.7. The molecule has 0 radical (unpaired) electrons. The van der Waals surface area contributed by atoms with Crippen LogP contribution in [-0.4, -0.2) is 43.2 Å². The predicted octanol–water partition coefficient (Wildman–Crippen LogP) is 1.63. The van der Waals surface area contributed by atoms with Gasteiger partial charge >= 0.3 is 5.97 Å². The second kappa shape index (κ2) is 7.16. The Labute approximate surface area is 111 Å². The zero-order valence-corrected chi connectivity index (χ0v) is 11.0. The number of hydrogen-bond donors (Lipinski definition) is 2. The molecule has 19 heavy (non-hydrogen) atoms. The van der Waals surface area contributed by atoms with E-state index in [1.54, 1.807) is 0 Å². The molecule has 0 saturated carbocycles. The molecule has 6 heteroatoms. The monoisotopic (exact) mass is 272 g/mol. The van der Waals surface area contributed by atoms with Gasteiger partial charge in [-0.2, -0.15) is 0 Å². The lowest BCUT2D eigenvalue weighted by Crippen LogP contribution is -2.31. The van der Waals surface area contributed by atoms with Crippen molar-refractivity contribution in [3.05, 3.63) is 35.4 Å². The fraction of sp³-hybridized carbons (Fsp3) is 0.462. The number of carboxylic acid groups (broad SMARTS) is 1. The lowest BCUT2D eigenvalue weighted by atomic mass is 10.1. The van der Waals surface area contributed by atoms with Crippen molar-refractivity contribution < 1.29 is 18.7 Å². The first-order valence-corrected chi connectivity index (χ1v) is 5.97. The number of halogens is 2. The third kappa shape index (κ3) is 4.92. The van der Waals surface area contributed by atoms with Crippen molar-refractivity contribution in [2.24, 2.45) is 0 Å². The Morgan fingerprint density at radius 3 is 2.63 bits per heavy atom. The molecule has 0 aliphatic rings. The van der Waals surface area contributed by atoms with Gasteiger partial charge in [0, 0.05) is 11.6 Å². The third-order valence-electron chi connectivity index (χ3n) is 2.65. The number of carboxylic acids is 1. The van der Waals surface area contributed by atoms with E-state index in [2.05, 4.69) is 5.32 Å². The first-order chi connectivity index (χ1) is 8.91. The van der Waals surface area contributed by atoms with Crippen molar-refractivity contribution in [2.75, 3.05) is 27.2 Å². The summed E-state index contributed by atoms with van der Waals surface area (Å²) in [6.45, 7) is 1.23. The van der Waals surface area contributed by atoms with Crippen LogP contribution in [0, 0.1) is 11.6 Å². The van der Waals surface area contributed by atoms with Gasteiger partial charge in [0.25, 0.3) is 0 Å². The molecular weight excluding hydrogens is 254 g/mol. The molecular formula is C13H18F2N2O2. The third-order valence-corrected chi connectivity index (χ3v) is 2.65. The Morgan fingerprint density at radius 1 is 1.42 bits per heavy atom. The van der Waals surface area contributed by atoms with E-state index in [0.29, 0.717) is 12.6 Å². The van der Waals surface area contributed by atoms with E-state index in [-0.39, 0.29) is 5.56 Å². The van der Waals surface area contributed by atoms with Crippen molar-refractivity contribution in [3.8, 4) is 0 Å². The standard InChI is InChI=1S/C13H18F2N2O2/c1-17(2)7-3-6-16-12(13(18)19)10-5-4-9(14)8-11(10)15/h4-5,8,12,16H,3,6-7H2,1-2H3,(H,18,19). The van der Waals surface area contributed by atoms with Crippen LogP contribution in [0.3, 0.4) is 0 Å². The molecule has 2 N–H and O–H groups in total. The van der Waals surface area contributed by atoms with Crippen molar-refractivity contribution >= 4 is 5.97 Å².